The number of carboxylic acids is 1. The third-order valence-corrected chi connectivity index (χ3v) is 2.04. The van der Waals surface area contributed by atoms with Gasteiger partial charge in [0.25, 0.3) is 0 Å². The Morgan fingerprint density at radius 1 is 1.43 bits per heavy atom. The molecule has 0 saturated heterocycles. The predicted molar refractivity (Wildman–Crippen MR) is 48.7 cm³/mol. The van der Waals surface area contributed by atoms with Crippen molar-refractivity contribution in [3.63, 3.8) is 0 Å². The summed E-state index contributed by atoms with van der Waals surface area (Å²) in [5.41, 5.74) is 0. The Labute approximate surface area is 82.7 Å². The van der Waals surface area contributed by atoms with Gasteiger partial charge in [-0.25, -0.2) is 0 Å². The normalized spacial score (nSPS) is 14.5. The van der Waals surface area contributed by atoms with Crippen LogP contribution in [-0.2, 0) is 14.3 Å². The van der Waals surface area contributed by atoms with Gasteiger partial charge in [-0.15, -0.1) is 0 Å². The van der Waals surface area contributed by atoms with E-state index in [4.69, 9.17) is 5.11 Å². The van der Waals surface area contributed by atoms with E-state index < -0.39 is 24.0 Å². The van der Waals surface area contributed by atoms with Crippen molar-refractivity contribution in [1.29, 1.82) is 0 Å². The van der Waals surface area contributed by atoms with Gasteiger partial charge in [-0.2, -0.15) is 0 Å². The maximum absolute atomic E-state index is 11.0. The predicted octanol–water partition coefficient (Wildman–Crippen LogP) is 0.411. The molecule has 0 aromatic carbocycles. The van der Waals surface area contributed by atoms with Gasteiger partial charge in [-0.05, 0) is 19.8 Å². The SMILES string of the molecule is COC(=O)C(C)C(O)CCCC(=O)O. The molecule has 0 rings (SSSR count). The number of ether oxygens (including phenoxy) is 1. The summed E-state index contributed by atoms with van der Waals surface area (Å²) in [6.45, 7) is 1.55. The van der Waals surface area contributed by atoms with E-state index in [1.807, 2.05) is 0 Å². The number of hydrogen-bond donors (Lipinski definition) is 2. The molecule has 0 fully saturated rings. The van der Waals surface area contributed by atoms with Crippen molar-refractivity contribution in [2.24, 2.45) is 5.92 Å². The van der Waals surface area contributed by atoms with Gasteiger partial charge < -0.3 is 14.9 Å². The third-order valence-electron chi connectivity index (χ3n) is 2.04. The molecule has 5 heteroatoms. The Morgan fingerprint density at radius 2 is 2.00 bits per heavy atom. The molecule has 0 spiro atoms. The fourth-order valence-electron chi connectivity index (χ4n) is 1.06. The highest BCUT2D eigenvalue weighted by Gasteiger charge is 2.22. The number of aliphatic hydroxyl groups is 1. The van der Waals surface area contributed by atoms with Crippen molar-refractivity contribution in [3.8, 4) is 0 Å². The van der Waals surface area contributed by atoms with Crippen molar-refractivity contribution < 1.29 is 24.5 Å². The average molecular weight is 204 g/mol. The van der Waals surface area contributed by atoms with Crippen LogP contribution in [0.5, 0.6) is 0 Å². The summed E-state index contributed by atoms with van der Waals surface area (Å²) in [4.78, 5) is 21.1. The molecule has 0 amide bonds. The van der Waals surface area contributed by atoms with E-state index in [2.05, 4.69) is 4.74 Å². The number of aliphatic carboxylic acids is 1. The van der Waals surface area contributed by atoms with Gasteiger partial charge in [-0.3, -0.25) is 9.59 Å². The van der Waals surface area contributed by atoms with E-state index in [1.54, 1.807) is 6.92 Å². The second kappa shape index (κ2) is 6.37. The molecule has 14 heavy (non-hydrogen) atoms. The van der Waals surface area contributed by atoms with Crippen LogP contribution < -0.4 is 0 Å². The Balaban J connectivity index is 3.78. The minimum absolute atomic E-state index is 0.00491. The summed E-state index contributed by atoms with van der Waals surface area (Å²) in [7, 11) is 1.25. The molecule has 0 aliphatic carbocycles. The van der Waals surface area contributed by atoms with Gasteiger partial charge in [0.15, 0.2) is 0 Å². The van der Waals surface area contributed by atoms with Crippen LogP contribution in [-0.4, -0.2) is 35.4 Å². The molecule has 0 saturated carbocycles. The maximum Gasteiger partial charge on any atom is 0.311 e. The topological polar surface area (TPSA) is 83.8 Å². The largest absolute Gasteiger partial charge is 0.481 e. The molecule has 5 nitrogen and oxygen atoms in total. The first-order valence-electron chi connectivity index (χ1n) is 4.46. The molecule has 2 N–H and O–H groups in total. The van der Waals surface area contributed by atoms with Crippen LogP contribution in [0.4, 0.5) is 0 Å². The number of carbonyl (C=O) groups excluding carboxylic acids is 1. The summed E-state index contributed by atoms with van der Waals surface area (Å²) in [5, 5.41) is 17.8. The van der Waals surface area contributed by atoms with E-state index in [0.29, 0.717) is 12.8 Å². The van der Waals surface area contributed by atoms with Crippen LogP contribution in [0.15, 0.2) is 0 Å². The fourth-order valence-corrected chi connectivity index (χ4v) is 1.06. The lowest BCUT2D eigenvalue weighted by atomic mass is 10.00. The second-order valence-corrected chi connectivity index (χ2v) is 3.17. The number of rotatable bonds is 6. The Hall–Kier alpha value is -1.10. The lowest BCUT2D eigenvalue weighted by Gasteiger charge is -2.15. The smallest absolute Gasteiger partial charge is 0.311 e. The molecule has 0 bridgehead atoms. The Kier molecular flexibility index (Phi) is 5.87. The highest BCUT2D eigenvalue weighted by atomic mass is 16.5. The number of aliphatic hydroxyl groups excluding tert-OH is 1. The zero-order valence-electron chi connectivity index (χ0n) is 8.40. The lowest BCUT2D eigenvalue weighted by molar-refractivity contribution is -0.148. The third kappa shape index (κ3) is 4.81. The summed E-state index contributed by atoms with van der Waals surface area (Å²) in [6, 6.07) is 0. The van der Waals surface area contributed by atoms with Crippen LogP contribution >= 0.6 is 0 Å². The number of carbonyl (C=O) groups is 2. The molecule has 0 heterocycles. The second-order valence-electron chi connectivity index (χ2n) is 3.17. The summed E-state index contributed by atoms with van der Waals surface area (Å²) in [5.74, 6) is -1.98. The van der Waals surface area contributed by atoms with Gasteiger partial charge in [-0.1, -0.05) is 0 Å². The number of esters is 1. The van der Waals surface area contributed by atoms with E-state index in [1.165, 1.54) is 7.11 Å². The van der Waals surface area contributed by atoms with Crippen LogP contribution in [0.2, 0.25) is 0 Å². The van der Waals surface area contributed by atoms with Gasteiger partial charge in [0, 0.05) is 6.42 Å². The number of carboxylic acid groups (broad SMARTS) is 1. The molecule has 0 aromatic heterocycles. The zero-order valence-corrected chi connectivity index (χ0v) is 8.40. The minimum Gasteiger partial charge on any atom is -0.481 e. The van der Waals surface area contributed by atoms with Crippen molar-refractivity contribution in [2.75, 3.05) is 7.11 Å². The quantitative estimate of drug-likeness (QED) is 0.612. The highest BCUT2D eigenvalue weighted by molar-refractivity contribution is 5.72. The van der Waals surface area contributed by atoms with Crippen LogP contribution in [0.1, 0.15) is 26.2 Å². The molecular weight excluding hydrogens is 188 g/mol. The summed E-state index contributed by atoms with van der Waals surface area (Å²) < 4.78 is 4.45. The van der Waals surface area contributed by atoms with Crippen molar-refractivity contribution >= 4 is 11.9 Å². The molecule has 0 radical (unpaired) electrons. The van der Waals surface area contributed by atoms with Crippen molar-refractivity contribution in [2.45, 2.75) is 32.3 Å². The first kappa shape index (κ1) is 12.9. The van der Waals surface area contributed by atoms with Gasteiger partial charge in [0.1, 0.15) is 0 Å². The number of methoxy groups -OCH3 is 1. The van der Waals surface area contributed by atoms with E-state index in [-0.39, 0.29) is 6.42 Å². The van der Waals surface area contributed by atoms with E-state index in [0.717, 1.165) is 0 Å². The fraction of sp³-hybridized carbons (Fsp3) is 0.778. The Bertz CT molecular complexity index is 201. The first-order valence-corrected chi connectivity index (χ1v) is 4.46. The minimum atomic E-state index is -0.900. The first-order chi connectivity index (χ1) is 6.49. The molecule has 2 atom stereocenters. The van der Waals surface area contributed by atoms with Crippen molar-refractivity contribution in [3.05, 3.63) is 0 Å². The maximum atomic E-state index is 11.0. The summed E-state index contributed by atoms with van der Waals surface area (Å²) in [6.07, 6.45) is -0.174. The van der Waals surface area contributed by atoms with E-state index in [9.17, 15) is 14.7 Å². The monoisotopic (exact) mass is 204 g/mol. The molecule has 0 aliphatic rings. The van der Waals surface area contributed by atoms with Crippen LogP contribution in [0, 0.1) is 5.92 Å². The van der Waals surface area contributed by atoms with Crippen molar-refractivity contribution in [1.82, 2.24) is 0 Å². The standard InChI is InChI=1S/C9H16O5/c1-6(9(13)14-2)7(10)4-3-5-8(11)12/h6-7,10H,3-5H2,1-2H3,(H,11,12). The van der Waals surface area contributed by atoms with Crippen LogP contribution in [0.3, 0.4) is 0 Å². The van der Waals surface area contributed by atoms with Gasteiger partial charge in [0.05, 0.1) is 19.1 Å². The molecule has 82 valence electrons. The molecule has 0 aromatic rings. The van der Waals surface area contributed by atoms with Gasteiger partial charge in [0.2, 0.25) is 0 Å². The van der Waals surface area contributed by atoms with E-state index >= 15 is 0 Å². The van der Waals surface area contributed by atoms with Crippen LogP contribution in [0.25, 0.3) is 0 Å². The highest BCUT2D eigenvalue weighted by Crippen LogP contribution is 2.11. The average Bonchev–Trinajstić information content (AvgIpc) is 2.14. The zero-order chi connectivity index (χ0) is 11.1. The lowest BCUT2D eigenvalue weighted by Crippen LogP contribution is -2.26. The molecule has 2 unspecified atom stereocenters. The summed E-state index contributed by atoms with van der Waals surface area (Å²) >= 11 is 0. The molecular formula is C9H16O5. The van der Waals surface area contributed by atoms with Gasteiger partial charge >= 0.3 is 11.9 Å². The number of hydrogen-bond acceptors (Lipinski definition) is 4. The molecule has 0 aliphatic heterocycles. The Morgan fingerprint density at radius 3 is 2.43 bits per heavy atom.